The Hall–Kier alpha value is -3.86. The number of piperazine rings is 1. The highest BCUT2D eigenvalue weighted by Crippen LogP contribution is 2.32. The van der Waals surface area contributed by atoms with Crippen LogP contribution in [0.1, 0.15) is 5.56 Å². The largest absolute Gasteiger partial charge is 0.495 e. The number of carbonyl (C=O) groups is 1. The fourth-order valence-electron chi connectivity index (χ4n) is 3.63. The van der Waals surface area contributed by atoms with Gasteiger partial charge >= 0.3 is 0 Å². The highest BCUT2D eigenvalue weighted by molar-refractivity contribution is 5.97. The molecule has 4 rings (SSSR count). The van der Waals surface area contributed by atoms with Gasteiger partial charge in [0.2, 0.25) is 6.79 Å². The lowest BCUT2D eigenvalue weighted by molar-refractivity contribution is -0.117. The predicted molar refractivity (Wildman–Crippen MR) is 115 cm³/mol. The summed E-state index contributed by atoms with van der Waals surface area (Å²) in [4.78, 5) is 16.8. The molecular formula is C23H24N4O4. The van der Waals surface area contributed by atoms with Crippen molar-refractivity contribution in [1.82, 2.24) is 10.2 Å². The molecule has 0 saturated carbocycles. The number of anilines is 1. The van der Waals surface area contributed by atoms with Crippen LogP contribution in [0.15, 0.2) is 54.2 Å². The van der Waals surface area contributed by atoms with E-state index in [-0.39, 0.29) is 12.4 Å². The number of hydrogen-bond donors (Lipinski definition) is 1. The number of ether oxygens (including phenoxy) is 3. The molecule has 1 saturated heterocycles. The molecule has 0 radical (unpaired) electrons. The molecule has 8 heteroatoms. The van der Waals surface area contributed by atoms with E-state index in [1.165, 1.54) is 0 Å². The van der Waals surface area contributed by atoms with Gasteiger partial charge in [-0.15, -0.1) is 0 Å². The highest BCUT2D eigenvalue weighted by atomic mass is 16.7. The fourth-order valence-corrected chi connectivity index (χ4v) is 3.63. The molecule has 1 fully saturated rings. The van der Waals surface area contributed by atoms with Gasteiger partial charge in [-0.25, -0.2) is 0 Å². The van der Waals surface area contributed by atoms with Crippen molar-refractivity contribution in [3.8, 4) is 23.3 Å². The third kappa shape index (κ3) is 4.67. The monoisotopic (exact) mass is 420 g/mol. The maximum absolute atomic E-state index is 12.5. The maximum Gasteiger partial charge on any atom is 0.263 e. The summed E-state index contributed by atoms with van der Waals surface area (Å²) in [5.74, 6) is 1.80. The molecule has 2 heterocycles. The van der Waals surface area contributed by atoms with Crippen molar-refractivity contribution in [1.29, 1.82) is 5.26 Å². The SMILES string of the molecule is COc1ccccc1N1CCN(/C=C(/C#N)C(=O)NCc2ccc3c(c2)OCO3)CC1. The molecule has 0 aromatic heterocycles. The van der Waals surface area contributed by atoms with Gasteiger partial charge in [-0.3, -0.25) is 4.79 Å². The summed E-state index contributed by atoms with van der Waals surface area (Å²) in [7, 11) is 1.67. The number of benzene rings is 2. The number of methoxy groups -OCH3 is 1. The highest BCUT2D eigenvalue weighted by Gasteiger charge is 2.20. The molecule has 0 bridgehead atoms. The summed E-state index contributed by atoms with van der Waals surface area (Å²) >= 11 is 0. The first-order valence-corrected chi connectivity index (χ1v) is 10.1. The number of fused-ring (bicyclic) bond motifs is 1. The normalized spacial score (nSPS) is 15.4. The molecule has 31 heavy (non-hydrogen) atoms. The number of amides is 1. The second kappa shape index (κ2) is 9.30. The minimum absolute atomic E-state index is 0.0893. The third-order valence-electron chi connectivity index (χ3n) is 5.31. The Balaban J connectivity index is 1.33. The van der Waals surface area contributed by atoms with Gasteiger partial charge in [0.05, 0.1) is 12.8 Å². The van der Waals surface area contributed by atoms with E-state index >= 15 is 0 Å². The van der Waals surface area contributed by atoms with Crippen LogP contribution in [0.2, 0.25) is 0 Å². The van der Waals surface area contributed by atoms with Crippen molar-refractivity contribution in [2.24, 2.45) is 0 Å². The van der Waals surface area contributed by atoms with E-state index in [4.69, 9.17) is 14.2 Å². The van der Waals surface area contributed by atoms with Crippen LogP contribution in [-0.4, -0.2) is 50.9 Å². The van der Waals surface area contributed by atoms with E-state index in [2.05, 4.69) is 10.2 Å². The number of carbonyl (C=O) groups excluding carboxylic acids is 1. The standard InChI is InChI=1S/C23H24N4O4/c1-29-20-5-3-2-4-19(20)27-10-8-26(9-11-27)15-18(13-24)23(28)25-14-17-6-7-21-22(12-17)31-16-30-21/h2-7,12,15H,8-11,14,16H2,1H3,(H,25,28)/b18-15-. The Morgan fingerprint density at radius 3 is 2.71 bits per heavy atom. The molecule has 0 aliphatic carbocycles. The number of nitrogens with one attached hydrogen (secondary N) is 1. The van der Waals surface area contributed by atoms with Crippen LogP contribution >= 0.6 is 0 Å². The van der Waals surface area contributed by atoms with Crippen molar-refractivity contribution in [2.45, 2.75) is 6.54 Å². The fraction of sp³-hybridized carbons (Fsp3) is 0.304. The molecule has 8 nitrogen and oxygen atoms in total. The first-order chi connectivity index (χ1) is 15.2. The molecule has 1 amide bonds. The first kappa shape index (κ1) is 20.4. The molecular weight excluding hydrogens is 396 g/mol. The van der Waals surface area contributed by atoms with Crippen molar-refractivity contribution >= 4 is 11.6 Å². The van der Waals surface area contributed by atoms with E-state index in [0.717, 1.165) is 30.1 Å². The Labute approximate surface area is 181 Å². The quantitative estimate of drug-likeness (QED) is 0.567. The second-order valence-corrected chi connectivity index (χ2v) is 7.22. The van der Waals surface area contributed by atoms with Crippen LogP contribution in [0.25, 0.3) is 0 Å². The van der Waals surface area contributed by atoms with Crippen molar-refractivity contribution < 1.29 is 19.0 Å². The number of hydrogen-bond acceptors (Lipinski definition) is 7. The zero-order valence-corrected chi connectivity index (χ0v) is 17.3. The van der Waals surface area contributed by atoms with Crippen LogP contribution in [-0.2, 0) is 11.3 Å². The minimum atomic E-state index is -0.396. The third-order valence-corrected chi connectivity index (χ3v) is 5.31. The summed E-state index contributed by atoms with van der Waals surface area (Å²) in [5.41, 5.74) is 2.02. The van der Waals surface area contributed by atoms with Crippen LogP contribution in [0.3, 0.4) is 0 Å². The Bertz CT molecular complexity index is 1020. The van der Waals surface area contributed by atoms with Crippen molar-refractivity contribution in [3.63, 3.8) is 0 Å². The molecule has 0 unspecified atom stereocenters. The number of nitriles is 1. The van der Waals surface area contributed by atoms with Crippen molar-refractivity contribution in [2.75, 3.05) is 45.0 Å². The number of para-hydroxylation sites is 2. The van der Waals surface area contributed by atoms with E-state index in [0.29, 0.717) is 31.1 Å². The van der Waals surface area contributed by atoms with Crippen LogP contribution in [0.4, 0.5) is 5.69 Å². The van der Waals surface area contributed by atoms with Crippen LogP contribution in [0.5, 0.6) is 17.2 Å². The van der Waals surface area contributed by atoms with Gasteiger partial charge in [-0.2, -0.15) is 5.26 Å². The Kier molecular flexibility index (Phi) is 6.13. The van der Waals surface area contributed by atoms with Gasteiger partial charge in [-0.05, 0) is 29.8 Å². The summed E-state index contributed by atoms with van der Waals surface area (Å²) in [5, 5.41) is 12.3. The van der Waals surface area contributed by atoms with Crippen LogP contribution < -0.4 is 24.4 Å². The maximum atomic E-state index is 12.5. The Morgan fingerprint density at radius 1 is 1.16 bits per heavy atom. The lowest BCUT2D eigenvalue weighted by atomic mass is 10.2. The molecule has 1 N–H and O–H groups in total. The molecule has 2 aromatic carbocycles. The zero-order valence-electron chi connectivity index (χ0n) is 17.3. The summed E-state index contributed by atoms with van der Waals surface area (Å²) < 4.78 is 16.1. The van der Waals surface area contributed by atoms with Crippen molar-refractivity contribution in [3.05, 3.63) is 59.8 Å². The lowest BCUT2D eigenvalue weighted by Crippen LogP contribution is -2.44. The topological polar surface area (TPSA) is 87.1 Å². The number of nitrogens with zero attached hydrogens (tertiary/aromatic N) is 3. The molecule has 2 aliphatic heterocycles. The summed E-state index contributed by atoms with van der Waals surface area (Å²) in [6.45, 7) is 3.47. The zero-order chi connectivity index (χ0) is 21.6. The first-order valence-electron chi connectivity index (χ1n) is 10.1. The van der Waals surface area contributed by atoms with E-state index in [9.17, 15) is 10.1 Å². The average molecular weight is 420 g/mol. The van der Waals surface area contributed by atoms with Gasteiger partial charge in [-0.1, -0.05) is 18.2 Å². The second-order valence-electron chi connectivity index (χ2n) is 7.22. The Morgan fingerprint density at radius 2 is 1.94 bits per heavy atom. The molecule has 2 aliphatic rings. The van der Waals surface area contributed by atoms with Gasteiger partial charge in [0.15, 0.2) is 11.5 Å². The van der Waals surface area contributed by atoms with E-state index in [1.54, 1.807) is 13.3 Å². The average Bonchev–Trinajstić information content (AvgIpc) is 3.29. The summed E-state index contributed by atoms with van der Waals surface area (Å²) in [6, 6.07) is 15.4. The lowest BCUT2D eigenvalue weighted by Gasteiger charge is -2.36. The molecule has 0 atom stereocenters. The summed E-state index contributed by atoms with van der Waals surface area (Å²) in [6.07, 6.45) is 1.65. The molecule has 160 valence electrons. The van der Waals surface area contributed by atoms with Gasteiger partial charge in [0.1, 0.15) is 17.4 Å². The van der Waals surface area contributed by atoms with Gasteiger partial charge in [0.25, 0.3) is 5.91 Å². The molecule has 2 aromatic rings. The predicted octanol–water partition coefficient (Wildman–Crippen LogP) is 2.27. The smallest absolute Gasteiger partial charge is 0.263 e. The number of rotatable bonds is 6. The van der Waals surface area contributed by atoms with Gasteiger partial charge in [0, 0.05) is 38.9 Å². The van der Waals surface area contributed by atoms with E-state index in [1.807, 2.05) is 53.4 Å². The van der Waals surface area contributed by atoms with Crippen LogP contribution in [0, 0.1) is 11.3 Å². The van der Waals surface area contributed by atoms with Gasteiger partial charge < -0.3 is 29.3 Å². The van der Waals surface area contributed by atoms with E-state index < -0.39 is 5.91 Å². The molecule has 0 spiro atoms. The minimum Gasteiger partial charge on any atom is -0.495 e.